The van der Waals surface area contributed by atoms with Crippen molar-refractivity contribution in [1.82, 2.24) is 0 Å². The second kappa shape index (κ2) is 7.27. The summed E-state index contributed by atoms with van der Waals surface area (Å²) in [7, 11) is 0. The lowest BCUT2D eigenvalue weighted by Gasteiger charge is -2.09. The summed E-state index contributed by atoms with van der Waals surface area (Å²) < 4.78 is 24.9. The zero-order chi connectivity index (χ0) is 18.0. The monoisotopic (exact) mass is 406 g/mol. The Morgan fingerprint density at radius 2 is 2.16 bits per heavy atom. The second-order valence-corrected chi connectivity index (χ2v) is 6.37. The van der Waals surface area contributed by atoms with Crippen LogP contribution >= 0.6 is 15.9 Å². The first kappa shape index (κ1) is 17.5. The molecule has 0 bridgehead atoms. The zero-order valence-electron chi connectivity index (χ0n) is 13.5. The van der Waals surface area contributed by atoms with E-state index in [0.717, 1.165) is 0 Å². The van der Waals surface area contributed by atoms with Gasteiger partial charge in [0.05, 0.1) is 23.2 Å². The zero-order valence-corrected chi connectivity index (χ0v) is 15.1. The maximum Gasteiger partial charge on any atom is 0.192 e. The van der Waals surface area contributed by atoms with Crippen LogP contribution in [0.3, 0.4) is 0 Å². The van der Waals surface area contributed by atoms with Crippen LogP contribution in [0, 0.1) is 5.82 Å². The van der Waals surface area contributed by atoms with Gasteiger partial charge in [0.25, 0.3) is 0 Å². The van der Waals surface area contributed by atoms with Crippen molar-refractivity contribution in [2.75, 3.05) is 13.2 Å². The standard InChI is InChI=1S/C19H16BrFO4/c1-2-24-17-9-11(8-15(20)19(17)23)7-12-5-6-25-16-4-3-13(21)10-14(16)18(12)22/h3-4,7-10,23H,2,5-6H2,1H3/b12-7+. The van der Waals surface area contributed by atoms with Crippen molar-refractivity contribution in [3.8, 4) is 17.2 Å². The van der Waals surface area contributed by atoms with Crippen molar-refractivity contribution in [2.24, 2.45) is 0 Å². The third kappa shape index (κ3) is 3.69. The molecule has 2 aromatic rings. The van der Waals surface area contributed by atoms with E-state index in [9.17, 15) is 14.3 Å². The van der Waals surface area contributed by atoms with Crippen LogP contribution in [0.5, 0.6) is 17.2 Å². The largest absolute Gasteiger partial charge is 0.503 e. The number of ketones is 1. The van der Waals surface area contributed by atoms with E-state index in [1.165, 1.54) is 18.2 Å². The van der Waals surface area contributed by atoms with E-state index in [1.807, 2.05) is 6.92 Å². The van der Waals surface area contributed by atoms with E-state index >= 15 is 0 Å². The molecule has 25 heavy (non-hydrogen) atoms. The molecule has 6 heteroatoms. The third-order valence-electron chi connectivity index (χ3n) is 3.80. The van der Waals surface area contributed by atoms with E-state index in [2.05, 4.69) is 15.9 Å². The molecule has 130 valence electrons. The number of hydrogen-bond acceptors (Lipinski definition) is 4. The lowest BCUT2D eigenvalue weighted by molar-refractivity contribution is 0.103. The van der Waals surface area contributed by atoms with E-state index in [1.54, 1.807) is 18.2 Å². The van der Waals surface area contributed by atoms with Crippen LogP contribution < -0.4 is 9.47 Å². The van der Waals surface area contributed by atoms with E-state index < -0.39 is 5.82 Å². The first-order chi connectivity index (χ1) is 12.0. The van der Waals surface area contributed by atoms with Crippen LogP contribution in [0.4, 0.5) is 4.39 Å². The minimum Gasteiger partial charge on any atom is -0.503 e. The fraction of sp³-hybridized carbons (Fsp3) is 0.211. The molecular weight excluding hydrogens is 391 g/mol. The van der Waals surface area contributed by atoms with Crippen molar-refractivity contribution in [3.05, 3.63) is 57.3 Å². The first-order valence-electron chi connectivity index (χ1n) is 7.82. The maximum absolute atomic E-state index is 13.5. The molecule has 0 aliphatic carbocycles. The van der Waals surface area contributed by atoms with Gasteiger partial charge in [-0.25, -0.2) is 4.39 Å². The molecule has 0 radical (unpaired) electrons. The van der Waals surface area contributed by atoms with E-state index in [4.69, 9.17) is 9.47 Å². The van der Waals surface area contributed by atoms with Gasteiger partial charge in [0.1, 0.15) is 11.6 Å². The molecule has 0 atom stereocenters. The highest BCUT2D eigenvalue weighted by Crippen LogP contribution is 2.37. The Balaban J connectivity index is 2.02. The minimum absolute atomic E-state index is 0.00643. The molecule has 0 saturated heterocycles. The molecule has 1 heterocycles. The van der Waals surface area contributed by atoms with Gasteiger partial charge < -0.3 is 14.6 Å². The molecule has 2 aromatic carbocycles. The van der Waals surface area contributed by atoms with Gasteiger partial charge in [0.15, 0.2) is 17.3 Å². The Bertz CT molecular complexity index is 861. The summed E-state index contributed by atoms with van der Waals surface area (Å²) in [6.45, 7) is 2.54. The first-order valence-corrected chi connectivity index (χ1v) is 8.62. The van der Waals surface area contributed by atoms with E-state index in [0.29, 0.717) is 46.7 Å². The fourth-order valence-corrected chi connectivity index (χ4v) is 3.10. The number of aromatic hydroxyl groups is 1. The highest BCUT2D eigenvalue weighted by atomic mass is 79.9. The van der Waals surface area contributed by atoms with Gasteiger partial charge in [0.2, 0.25) is 0 Å². The molecule has 0 amide bonds. The molecule has 1 aliphatic rings. The summed E-state index contributed by atoms with van der Waals surface area (Å²) in [6.07, 6.45) is 2.11. The highest BCUT2D eigenvalue weighted by Gasteiger charge is 2.22. The topological polar surface area (TPSA) is 55.8 Å². The molecule has 1 N–H and O–H groups in total. The Morgan fingerprint density at radius 1 is 1.36 bits per heavy atom. The van der Waals surface area contributed by atoms with Crippen molar-refractivity contribution in [2.45, 2.75) is 13.3 Å². The Morgan fingerprint density at radius 3 is 2.92 bits per heavy atom. The van der Waals surface area contributed by atoms with Gasteiger partial charge in [-0.3, -0.25) is 4.79 Å². The Hall–Kier alpha value is -2.34. The number of halogens is 2. The van der Waals surface area contributed by atoms with Crippen molar-refractivity contribution >= 4 is 27.8 Å². The molecule has 0 saturated carbocycles. The molecule has 0 spiro atoms. The minimum atomic E-state index is -0.483. The van der Waals surface area contributed by atoms with E-state index in [-0.39, 0.29) is 17.1 Å². The van der Waals surface area contributed by atoms with Crippen molar-refractivity contribution in [1.29, 1.82) is 0 Å². The molecule has 1 aliphatic heterocycles. The van der Waals surface area contributed by atoms with Gasteiger partial charge in [-0.05, 0) is 64.8 Å². The van der Waals surface area contributed by atoms with Gasteiger partial charge >= 0.3 is 0 Å². The molecule has 4 nitrogen and oxygen atoms in total. The summed E-state index contributed by atoms with van der Waals surface area (Å²) in [6, 6.07) is 7.27. The number of carbonyl (C=O) groups is 1. The average molecular weight is 407 g/mol. The molecule has 0 unspecified atom stereocenters. The van der Waals surface area contributed by atoms with Crippen LogP contribution in [0.25, 0.3) is 6.08 Å². The molecule has 3 rings (SSSR count). The number of Topliss-reactive ketones (excluding diaryl/α,β-unsaturated/α-hetero) is 1. The van der Waals surface area contributed by atoms with Crippen LogP contribution in [-0.4, -0.2) is 24.1 Å². The quantitative estimate of drug-likeness (QED) is 0.747. The van der Waals surface area contributed by atoms with Crippen LogP contribution in [-0.2, 0) is 0 Å². The molecule has 0 aromatic heterocycles. The number of phenols is 1. The third-order valence-corrected chi connectivity index (χ3v) is 4.40. The van der Waals surface area contributed by atoms with Gasteiger partial charge in [-0.2, -0.15) is 0 Å². The maximum atomic E-state index is 13.5. The Kier molecular flexibility index (Phi) is 5.08. The van der Waals surface area contributed by atoms with Gasteiger partial charge in [0, 0.05) is 12.0 Å². The fourth-order valence-electron chi connectivity index (χ4n) is 2.64. The number of benzene rings is 2. The van der Waals surface area contributed by atoms with Crippen molar-refractivity contribution < 1.29 is 23.8 Å². The van der Waals surface area contributed by atoms with Gasteiger partial charge in [-0.15, -0.1) is 0 Å². The lowest BCUT2D eigenvalue weighted by atomic mass is 9.99. The van der Waals surface area contributed by atoms with Crippen molar-refractivity contribution in [3.63, 3.8) is 0 Å². The number of carbonyl (C=O) groups excluding carboxylic acids is 1. The smallest absolute Gasteiger partial charge is 0.192 e. The molecule has 0 fully saturated rings. The summed E-state index contributed by atoms with van der Waals surface area (Å²) in [5.74, 6) is -0.0340. The number of phenolic OH excluding ortho intramolecular Hbond substituents is 1. The van der Waals surface area contributed by atoms with Crippen LogP contribution in [0.1, 0.15) is 29.3 Å². The van der Waals surface area contributed by atoms with Crippen LogP contribution in [0.2, 0.25) is 0 Å². The number of hydrogen-bond donors (Lipinski definition) is 1. The number of rotatable bonds is 3. The summed E-state index contributed by atoms with van der Waals surface area (Å²) >= 11 is 3.28. The average Bonchev–Trinajstić information content (AvgIpc) is 2.72. The number of fused-ring (bicyclic) bond motifs is 1. The predicted molar refractivity (Wildman–Crippen MR) is 95.8 cm³/mol. The second-order valence-electron chi connectivity index (χ2n) is 5.52. The molecular formula is C19H16BrFO4. The number of ether oxygens (including phenoxy) is 2. The SMILES string of the molecule is CCOc1cc(/C=C2\CCOc3ccc(F)cc3C2=O)cc(Br)c1O. The summed E-state index contributed by atoms with van der Waals surface area (Å²) in [4.78, 5) is 12.7. The summed E-state index contributed by atoms with van der Waals surface area (Å²) in [5, 5.41) is 10.00. The van der Waals surface area contributed by atoms with Crippen LogP contribution in [0.15, 0.2) is 40.4 Å². The normalized spacial score (nSPS) is 15.5. The van der Waals surface area contributed by atoms with Gasteiger partial charge in [-0.1, -0.05) is 0 Å². The predicted octanol–water partition coefficient (Wildman–Crippen LogP) is 4.74. The summed E-state index contributed by atoms with van der Waals surface area (Å²) in [5.41, 5.74) is 1.41. The lowest BCUT2D eigenvalue weighted by Crippen LogP contribution is -2.03. The highest BCUT2D eigenvalue weighted by molar-refractivity contribution is 9.10. The Labute approximate surface area is 153 Å².